The summed E-state index contributed by atoms with van der Waals surface area (Å²) in [5.41, 5.74) is 1.19. The molecule has 0 spiro atoms. The molecule has 0 aromatic carbocycles. The molecule has 2 aromatic heterocycles. The van der Waals surface area contributed by atoms with Crippen LogP contribution in [0.3, 0.4) is 0 Å². The molecule has 0 fully saturated rings. The predicted octanol–water partition coefficient (Wildman–Crippen LogP) is 2.09. The SMILES string of the molecule is COCCN(CCOC)C(=O)CSc1nc2sc3c(c2c(=O)n1C)CCCC3. The lowest BCUT2D eigenvalue weighted by Gasteiger charge is -2.22. The smallest absolute Gasteiger partial charge is 0.262 e. The fraction of sp³-hybridized carbons (Fsp3) is 0.632. The third-order valence-electron chi connectivity index (χ3n) is 4.96. The third-order valence-corrected chi connectivity index (χ3v) is 7.16. The van der Waals surface area contributed by atoms with Crippen molar-refractivity contribution in [2.24, 2.45) is 7.05 Å². The number of fused-ring (bicyclic) bond motifs is 3. The van der Waals surface area contributed by atoms with Gasteiger partial charge in [0.05, 0.1) is 24.4 Å². The molecule has 1 aliphatic rings. The molecular formula is C19H27N3O4S2. The molecule has 0 radical (unpaired) electrons. The summed E-state index contributed by atoms with van der Waals surface area (Å²) in [7, 11) is 4.97. The number of hydrogen-bond donors (Lipinski definition) is 0. The number of methoxy groups -OCH3 is 2. The van der Waals surface area contributed by atoms with Crippen LogP contribution in [0.15, 0.2) is 9.95 Å². The molecule has 0 N–H and O–H groups in total. The molecule has 0 saturated carbocycles. The molecule has 0 saturated heterocycles. The monoisotopic (exact) mass is 425 g/mol. The van der Waals surface area contributed by atoms with Gasteiger partial charge in [0.2, 0.25) is 5.91 Å². The van der Waals surface area contributed by atoms with Gasteiger partial charge in [-0.2, -0.15) is 0 Å². The van der Waals surface area contributed by atoms with E-state index in [1.165, 1.54) is 28.6 Å². The van der Waals surface area contributed by atoms with E-state index in [0.29, 0.717) is 31.5 Å². The van der Waals surface area contributed by atoms with Gasteiger partial charge in [-0.25, -0.2) is 4.98 Å². The van der Waals surface area contributed by atoms with Crippen LogP contribution >= 0.6 is 23.1 Å². The Morgan fingerprint density at radius 1 is 1.21 bits per heavy atom. The van der Waals surface area contributed by atoms with Crippen molar-refractivity contribution >= 4 is 39.2 Å². The quantitative estimate of drug-likeness (QED) is 0.452. The van der Waals surface area contributed by atoms with E-state index in [-0.39, 0.29) is 17.2 Å². The number of carbonyl (C=O) groups excluding carboxylic acids is 1. The molecule has 1 amide bonds. The number of thiophene rings is 1. The number of carbonyl (C=O) groups is 1. The first-order valence-electron chi connectivity index (χ1n) is 9.46. The highest BCUT2D eigenvalue weighted by atomic mass is 32.2. The van der Waals surface area contributed by atoms with Crippen molar-refractivity contribution in [3.8, 4) is 0 Å². The van der Waals surface area contributed by atoms with Crippen molar-refractivity contribution < 1.29 is 14.3 Å². The number of amides is 1. The van der Waals surface area contributed by atoms with Crippen LogP contribution in [0, 0.1) is 0 Å². The Morgan fingerprint density at radius 3 is 2.57 bits per heavy atom. The maximum atomic E-state index is 12.9. The van der Waals surface area contributed by atoms with E-state index in [1.807, 2.05) is 0 Å². The van der Waals surface area contributed by atoms with Crippen LogP contribution in [-0.2, 0) is 34.2 Å². The molecule has 2 heterocycles. The number of aryl methyl sites for hydroxylation is 2. The minimum Gasteiger partial charge on any atom is -0.383 e. The van der Waals surface area contributed by atoms with E-state index >= 15 is 0 Å². The maximum Gasteiger partial charge on any atom is 0.262 e. The average molecular weight is 426 g/mol. The van der Waals surface area contributed by atoms with Gasteiger partial charge in [-0.15, -0.1) is 11.3 Å². The van der Waals surface area contributed by atoms with Crippen LogP contribution in [0.1, 0.15) is 23.3 Å². The highest BCUT2D eigenvalue weighted by Crippen LogP contribution is 2.34. The summed E-state index contributed by atoms with van der Waals surface area (Å²) in [6.07, 6.45) is 4.31. The zero-order chi connectivity index (χ0) is 20.1. The van der Waals surface area contributed by atoms with Gasteiger partial charge in [-0.05, 0) is 31.2 Å². The van der Waals surface area contributed by atoms with E-state index < -0.39 is 0 Å². The van der Waals surface area contributed by atoms with Crippen molar-refractivity contribution in [1.82, 2.24) is 14.5 Å². The lowest BCUT2D eigenvalue weighted by Crippen LogP contribution is -2.37. The Morgan fingerprint density at radius 2 is 1.89 bits per heavy atom. The molecular weight excluding hydrogens is 398 g/mol. The fourth-order valence-electron chi connectivity index (χ4n) is 3.38. The summed E-state index contributed by atoms with van der Waals surface area (Å²) < 4.78 is 11.8. The van der Waals surface area contributed by atoms with E-state index in [9.17, 15) is 9.59 Å². The molecule has 0 atom stereocenters. The molecule has 0 aliphatic heterocycles. The number of hydrogen-bond acceptors (Lipinski definition) is 7. The van der Waals surface area contributed by atoms with Crippen LogP contribution in [0.4, 0.5) is 0 Å². The molecule has 7 nitrogen and oxygen atoms in total. The number of rotatable bonds is 9. The minimum atomic E-state index is -0.0149. The Kier molecular flexibility index (Phi) is 7.50. The highest BCUT2D eigenvalue weighted by Gasteiger charge is 2.22. The van der Waals surface area contributed by atoms with Gasteiger partial charge in [0.1, 0.15) is 4.83 Å². The first kappa shape index (κ1) is 21.3. The summed E-state index contributed by atoms with van der Waals surface area (Å²) >= 11 is 2.94. The van der Waals surface area contributed by atoms with Crippen molar-refractivity contribution in [2.45, 2.75) is 30.8 Å². The summed E-state index contributed by atoms with van der Waals surface area (Å²) in [6.45, 7) is 1.98. The maximum absolute atomic E-state index is 12.9. The number of aromatic nitrogens is 2. The molecule has 9 heteroatoms. The van der Waals surface area contributed by atoms with Gasteiger partial charge in [-0.3, -0.25) is 14.2 Å². The molecule has 0 bridgehead atoms. The fourth-order valence-corrected chi connectivity index (χ4v) is 5.56. The normalized spacial score (nSPS) is 13.7. The van der Waals surface area contributed by atoms with Gasteiger partial charge in [0.25, 0.3) is 5.56 Å². The summed E-state index contributed by atoms with van der Waals surface area (Å²) in [5.74, 6) is 0.212. The molecule has 1 aliphatic carbocycles. The Hall–Kier alpha value is -1.42. The van der Waals surface area contributed by atoms with Crippen molar-refractivity contribution in [3.05, 3.63) is 20.8 Å². The second-order valence-electron chi connectivity index (χ2n) is 6.80. The number of thioether (sulfide) groups is 1. The Balaban J connectivity index is 1.77. The van der Waals surface area contributed by atoms with E-state index in [2.05, 4.69) is 0 Å². The third kappa shape index (κ3) is 4.59. The summed E-state index contributed by atoms with van der Waals surface area (Å²) in [4.78, 5) is 34.1. The zero-order valence-electron chi connectivity index (χ0n) is 16.7. The second-order valence-corrected chi connectivity index (χ2v) is 8.83. The van der Waals surface area contributed by atoms with Crippen LogP contribution < -0.4 is 5.56 Å². The van der Waals surface area contributed by atoms with Crippen molar-refractivity contribution in [2.75, 3.05) is 46.3 Å². The molecule has 0 unspecified atom stereocenters. The van der Waals surface area contributed by atoms with Gasteiger partial charge in [0.15, 0.2) is 5.16 Å². The topological polar surface area (TPSA) is 73.7 Å². The average Bonchev–Trinajstić information content (AvgIpc) is 3.08. The summed E-state index contributed by atoms with van der Waals surface area (Å²) in [6, 6.07) is 0. The van der Waals surface area contributed by atoms with Crippen LogP contribution in [0.5, 0.6) is 0 Å². The Bertz CT molecular complexity index is 885. The van der Waals surface area contributed by atoms with Gasteiger partial charge >= 0.3 is 0 Å². The molecule has 28 heavy (non-hydrogen) atoms. The van der Waals surface area contributed by atoms with Crippen LogP contribution in [0.2, 0.25) is 0 Å². The van der Waals surface area contributed by atoms with Crippen LogP contribution in [0.25, 0.3) is 10.2 Å². The largest absolute Gasteiger partial charge is 0.383 e. The number of ether oxygens (including phenoxy) is 2. The van der Waals surface area contributed by atoms with Gasteiger partial charge in [0, 0.05) is 39.2 Å². The van der Waals surface area contributed by atoms with Crippen molar-refractivity contribution in [3.63, 3.8) is 0 Å². The lowest BCUT2D eigenvalue weighted by atomic mass is 9.97. The molecule has 3 rings (SSSR count). The van der Waals surface area contributed by atoms with E-state index in [1.54, 1.807) is 42.1 Å². The first-order valence-corrected chi connectivity index (χ1v) is 11.3. The zero-order valence-corrected chi connectivity index (χ0v) is 18.3. The number of nitrogens with zero attached hydrogens (tertiary/aromatic N) is 3. The Labute approximate surface area is 173 Å². The molecule has 2 aromatic rings. The van der Waals surface area contributed by atoms with Gasteiger partial charge < -0.3 is 14.4 Å². The standard InChI is InChI=1S/C19H27N3O4S2/c1-21-18(24)16-13-6-4-5-7-14(13)28-17(16)20-19(21)27-12-15(23)22(8-10-25-2)9-11-26-3/h4-12H2,1-3H3. The second kappa shape index (κ2) is 9.87. The van der Waals surface area contributed by atoms with E-state index in [0.717, 1.165) is 29.5 Å². The van der Waals surface area contributed by atoms with E-state index in [4.69, 9.17) is 14.5 Å². The highest BCUT2D eigenvalue weighted by molar-refractivity contribution is 7.99. The lowest BCUT2D eigenvalue weighted by molar-refractivity contribution is -0.129. The van der Waals surface area contributed by atoms with Gasteiger partial charge in [-0.1, -0.05) is 11.8 Å². The van der Waals surface area contributed by atoms with Crippen molar-refractivity contribution in [1.29, 1.82) is 0 Å². The molecule has 154 valence electrons. The van der Waals surface area contributed by atoms with Crippen LogP contribution in [-0.4, -0.2) is 66.6 Å². The minimum absolute atomic E-state index is 0.00466. The predicted molar refractivity (Wildman–Crippen MR) is 113 cm³/mol. The first-order chi connectivity index (χ1) is 13.6. The summed E-state index contributed by atoms with van der Waals surface area (Å²) in [5, 5.41) is 1.36.